The van der Waals surface area contributed by atoms with Crippen molar-refractivity contribution in [3.63, 3.8) is 0 Å². The van der Waals surface area contributed by atoms with Crippen LogP contribution in [0.2, 0.25) is 0 Å². The lowest BCUT2D eigenvalue weighted by Gasteiger charge is -2.39. The topological polar surface area (TPSA) is 78.0 Å². The molecule has 5 rings (SSSR count). The minimum Gasteiger partial charge on any atom is -0.507 e. The first-order valence-electron chi connectivity index (χ1n) is 11.5. The number of benzene rings is 3. The second kappa shape index (κ2) is 9.47. The van der Waals surface area contributed by atoms with Crippen LogP contribution >= 0.6 is 15.9 Å². The standard InChI is InChI=1S/C28H26BrN3O2/c29-26(24-17-23(31-32-24)19-15-16-19)28(20-9-3-1-4-10-20,21-11-5-2-6-12-21)18-30-27(34)22-13-7-8-14-25(22)33/h1-14,17,19,26,33H,15-16,18H2,(H,30,34)(H,31,32). The van der Waals surface area contributed by atoms with Crippen LogP contribution in [-0.4, -0.2) is 27.8 Å². The molecule has 172 valence electrons. The van der Waals surface area contributed by atoms with E-state index in [9.17, 15) is 9.90 Å². The summed E-state index contributed by atoms with van der Waals surface area (Å²) in [6.07, 6.45) is 2.38. The number of H-pyrrole nitrogens is 1. The molecule has 34 heavy (non-hydrogen) atoms. The van der Waals surface area contributed by atoms with Gasteiger partial charge < -0.3 is 10.4 Å². The number of amides is 1. The number of nitrogens with zero attached hydrogens (tertiary/aromatic N) is 1. The molecule has 1 amide bonds. The molecule has 1 aromatic heterocycles. The molecule has 0 radical (unpaired) electrons. The van der Waals surface area contributed by atoms with E-state index in [0.29, 0.717) is 12.5 Å². The molecule has 0 spiro atoms. The van der Waals surface area contributed by atoms with Crippen LogP contribution < -0.4 is 5.32 Å². The number of para-hydroxylation sites is 1. The van der Waals surface area contributed by atoms with Gasteiger partial charge in [0.05, 0.1) is 21.5 Å². The molecule has 1 heterocycles. The third-order valence-corrected chi connectivity index (χ3v) is 7.83. The van der Waals surface area contributed by atoms with E-state index in [1.54, 1.807) is 18.2 Å². The lowest BCUT2D eigenvalue weighted by atomic mass is 9.71. The fourth-order valence-electron chi connectivity index (χ4n) is 4.54. The monoisotopic (exact) mass is 515 g/mol. The fourth-order valence-corrected chi connectivity index (χ4v) is 5.47. The summed E-state index contributed by atoms with van der Waals surface area (Å²) in [5.74, 6) is 0.195. The summed E-state index contributed by atoms with van der Waals surface area (Å²) in [6.45, 7) is 0.301. The third kappa shape index (κ3) is 4.26. The Balaban J connectivity index is 1.59. The Morgan fingerprint density at radius 3 is 2.18 bits per heavy atom. The van der Waals surface area contributed by atoms with E-state index < -0.39 is 5.41 Å². The van der Waals surface area contributed by atoms with Crippen LogP contribution in [0.15, 0.2) is 91.0 Å². The van der Waals surface area contributed by atoms with Crippen molar-refractivity contribution in [3.8, 4) is 5.75 Å². The van der Waals surface area contributed by atoms with Crippen LogP contribution in [-0.2, 0) is 5.41 Å². The zero-order valence-corrected chi connectivity index (χ0v) is 20.2. The van der Waals surface area contributed by atoms with E-state index in [1.165, 1.54) is 18.9 Å². The van der Waals surface area contributed by atoms with Gasteiger partial charge in [0, 0.05) is 18.2 Å². The van der Waals surface area contributed by atoms with E-state index in [4.69, 9.17) is 0 Å². The van der Waals surface area contributed by atoms with Crippen molar-refractivity contribution in [2.75, 3.05) is 6.54 Å². The zero-order valence-electron chi connectivity index (χ0n) is 18.6. The Kier molecular flexibility index (Phi) is 6.24. The van der Waals surface area contributed by atoms with E-state index in [1.807, 2.05) is 36.4 Å². The summed E-state index contributed by atoms with van der Waals surface area (Å²) in [5, 5.41) is 21.2. The zero-order chi connectivity index (χ0) is 23.5. The number of alkyl halides is 1. The minimum atomic E-state index is -0.654. The number of carbonyl (C=O) groups is 1. The average molecular weight is 516 g/mol. The van der Waals surface area contributed by atoms with Gasteiger partial charge in [-0.1, -0.05) is 88.7 Å². The SMILES string of the molecule is O=C(NCC(c1ccccc1)(c1ccccc1)C(Br)c1cc(C2CC2)[nH]n1)c1ccccc1O. The second-order valence-electron chi connectivity index (χ2n) is 8.79. The van der Waals surface area contributed by atoms with Gasteiger partial charge in [-0.05, 0) is 42.2 Å². The molecule has 4 aromatic rings. The number of phenols is 1. The number of carbonyl (C=O) groups excluding carboxylic acids is 1. The molecule has 5 nitrogen and oxygen atoms in total. The molecule has 1 saturated carbocycles. The van der Waals surface area contributed by atoms with Crippen LogP contribution in [0.4, 0.5) is 0 Å². The van der Waals surface area contributed by atoms with Gasteiger partial charge in [-0.25, -0.2) is 0 Å². The summed E-state index contributed by atoms with van der Waals surface area (Å²) < 4.78 is 0. The first-order chi connectivity index (χ1) is 16.6. The summed E-state index contributed by atoms with van der Waals surface area (Å²) in [7, 11) is 0. The second-order valence-corrected chi connectivity index (χ2v) is 9.70. The Bertz CT molecular complexity index is 1230. The molecular weight excluding hydrogens is 490 g/mol. The van der Waals surface area contributed by atoms with Crippen molar-refractivity contribution in [3.05, 3.63) is 119 Å². The molecule has 0 bridgehead atoms. The van der Waals surface area contributed by atoms with E-state index >= 15 is 0 Å². The predicted molar refractivity (Wildman–Crippen MR) is 136 cm³/mol. The lowest BCUT2D eigenvalue weighted by Crippen LogP contribution is -2.44. The van der Waals surface area contributed by atoms with Gasteiger partial charge in [-0.2, -0.15) is 5.10 Å². The van der Waals surface area contributed by atoms with Gasteiger partial charge in [-0.3, -0.25) is 9.89 Å². The molecule has 1 fully saturated rings. The first kappa shape index (κ1) is 22.4. The molecule has 1 aliphatic carbocycles. The molecule has 3 N–H and O–H groups in total. The number of hydrogen-bond acceptors (Lipinski definition) is 3. The van der Waals surface area contributed by atoms with Crippen molar-refractivity contribution in [2.45, 2.75) is 29.0 Å². The van der Waals surface area contributed by atoms with Crippen LogP contribution in [0.3, 0.4) is 0 Å². The maximum atomic E-state index is 13.1. The Labute approximate surface area is 207 Å². The first-order valence-corrected chi connectivity index (χ1v) is 12.4. The maximum Gasteiger partial charge on any atom is 0.255 e. The summed E-state index contributed by atoms with van der Waals surface area (Å²) >= 11 is 4.00. The van der Waals surface area contributed by atoms with Gasteiger partial charge in [-0.15, -0.1) is 0 Å². The smallest absolute Gasteiger partial charge is 0.255 e. The maximum absolute atomic E-state index is 13.1. The number of aromatic amines is 1. The van der Waals surface area contributed by atoms with Gasteiger partial charge in [0.15, 0.2) is 0 Å². The minimum absolute atomic E-state index is 0.0400. The highest BCUT2D eigenvalue weighted by atomic mass is 79.9. The largest absolute Gasteiger partial charge is 0.507 e. The van der Waals surface area contributed by atoms with Crippen LogP contribution in [0, 0.1) is 0 Å². The fraction of sp³-hybridized carbons (Fsp3) is 0.214. The van der Waals surface area contributed by atoms with Gasteiger partial charge in [0.25, 0.3) is 5.91 Å². The molecule has 3 aromatic carbocycles. The number of aromatic hydroxyl groups is 1. The van der Waals surface area contributed by atoms with Crippen molar-refractivity contribution in [1.82, 2.24) is 15.5 Å². The molecule has 1 unspecified atom stereocenters. The molecule has 6 heteroatoms. The quantitative estimate of drug-likeness (QED) is 0.257. The van der Waals surface area contributed by atoms with E-state index in [-0.39, 0.29) is 22.0 Å². The van der Waals surface area contributed by atoms with Crippen LogP contribution in [0.25, 0.3) is 0 Å². The van der Waals surface area contributed by atoms with Crippen molar-refractivity contribution < 1.29 is 9.90 Å². The van der Waals surface area contributed by atoms with Gasteiger partial charge >= 0.3 is 0 Å². The Hall–Kier alpha value is -3.38. The lowest BCUT2D eigenvalue weighted by molar-refractivity contribution is 0.0943. The highest BCUT2D eigenvalue weighted by Crippen LogP contribution is 2.49. The third-order valence-electron chi connectivity index (χ3n) is 6.58. The number of nitrogens with one attached hydrogen (secondary N) is 2. The predicted octanol–water partition coefficient (Wildman–Crippen LogP) is 5.85. The van der Waals surface area contributed by atoms with Gasteiger partial charge in [0.2, 0.25) is 0 Å². The Morgan fingerprint density at radius 1 is 1.00 bits per heavy atom. The summed E-state index contributed by atoms with van der Waals surface area (Å²) in [4.78, 5) is 12.9. The normalized spacial score (nSPS) is 14.5. The van der Waals surface area contributed by atoms with Crippen LogP contribution in [0.1, 0.15) is 56.5 Å². The summed E-state index contributed by atoms with van der Waals surface area (Å²) in [5.41, 5.74) is 3.75. The van der Waals surface area contributed by atoms with Crippen molar-refractivity contribution in [2.24, 2.45) is 0 Å². The number of aromatic nitrogens is 2. The Morgan fingerprint density at radius 2 is 1.59 bits per heavy atom. The average Bonchev–Trinajstić information content (AvgIpc) is 3.62. The van der Waals surface area contributed by atoms with Gasteiger partial charge in [0.1, 0.15) is 5.75 Å². The highest BCUT2D eigenvalue weighted by Gasteiger charge is 2.43. The highest BCUT2D eigenvalue weighted by molar-refractivity contribution is 9.09. The summed E-state index contributed by atoms with van der Waals surface area (Å²) in [6, 6.07) is 29.1. The molecule has 1 aliphatic rings. The van der Waals surface area contributed by atoms with Crippen molar-refractivity contribution in [1.29, 1.82) is 0 Å². The van der Waals surface area contributed by atoms with E-state index in [2.05, 4.69) is 61.8 Å². The molecular formula is C28H26BrN3O2. The number of phenolic OH excluding ortho intramolecular Hbond substituents is 1. The van der Waals surface area contributed by atoms with Crippen LogP contribution in [0.5, 0.6) is 5.75 Å². The number of rotatable bonds is 8. The van der Waals surface area contributed by atoms with E-state index in [0.717, 1.165) is 22.5 Å². The van der Waals surface area contributed by atoms with Crippen molar-refractivity contribution >= 4 is 21.8 Å². The number of hydrogen-bond donors (Lipinski definition) is 3. The molecule has 0 aliphatic heterocycles. The number of halogens is 1. The molecule has 0 saturated heterocycles. The molecule has 1 atom stereocenters.